The van der Waals surface area contributed by atoms with Gasteiger partial charge in [-0.25, -0.2) is 4.98 Å². The number of aromatic nitrogens is 1. The third kappa shape index (κ3) is 4.78. The Morgan fingerprint density at radius 3 is 2.48 bits per heavy atom. The second-order valence-corrected chi connectivity index (χ2v) is 5.59. The van der Waals surface area contributed by atoms with Crippen molar-refractivity contribution in [3.8, 4) is 5.75 Å². The summed E-state index contributed by atoms with van der Waals surface area (Å²) in [4.78, 5) is 4.74. The number of halogens is 2. The standard InChI is InChI=1S/C14H14F2N2O2S/c1-21(19)12-5-2-10(3-6-12)8-17-13-7-4-11(9-18-13)20-14(15)16/h2-7,9,14H,8H2,1H3,(H,17,18). The van der Waals surface area contributed by atoms with E-state index in [2.05, 4.69) is 15.0 Å². The molecule has 1 unspecified atom stereocenters. The topological polar surface area (TPSA) is 51.2 Å². The Labute approximate surface area is 123 Å². The average Bonchev–Trinajstić information content (AvgIpc) is 2.46. The van der Waals surface area contributed by atoms with Crippen molar-refractivity contribution in [2.24, 2.45) is 0 Å². The van der Waals surface area contributed by atoms with Crippen LogP contribution in [0.5, 0.6) is 5.75 Å². The predicted octanol–water partition coefficient (Wildman–Crippen LogP) is 3.03. The maximum atomic E-state index is 12.0. The van der Waals surface area contributed by atoms with E-state index in [1.165, 1.54) is 12.3 Å². The summed E-state index contributed by atoms with van der Waals surface area (Å²) in [5.41, 5.74) is 0.999. The molecule has 0 saturated heterocycles. The van der Waals surface area contributed by atoms with Gasteiger partial charge in [0, 0.05) is 28.5 Å². The summed E-state index contributed by atoms with van der Waals surface area (Å²) >= 11 is 0. The van der Waals surface area contributed by atoms with Gasteiger partial charge in [-0.2, -0.15) is 8.78 Å². The van der Waals surface area contributed by atoms with Gasteiger partial charge in [0.25, 0.3) is 0 Å². The minimum atomic E-state index is -2.85. The van der Waals surface area contributed by atoms with Crippen molar-refractivity contribution >= 4 is 16.6 Å². The monoisotopic (exact) mass is 312 g/mol. The zero-order valence-corrected chi connectivity index (χ0v) is 12.1. The van der Waals surface area contributed by atoms with Crippen LogP contribution in [0.25, 0.3) is 0 Å². The van der Waals surface area contributed by atoms with Crippen molar-refractivity contribution in [2.75, 3.05) is 11.6 Å². The molecule has 2 rings (SSSR count). The summed E-state index contributed by atoms with van der Waals surface area (Å²) in [7, 11) is -0.993. The molecule has 0 aliphatic rings. The van der Waals surface area contributed by atoms with Gasteiger partial charge in [-0.1, -0.05) is 12.1 Å². The van der Waals surface area contributed by atoms with E-state index >= 15 is 0 Å². The Bertz CT molecular complexity index is 603. The zero-order chi connectivity index (χ0) is 15.2. The molecule has 1 aromatic carbocycles. The average molecular weight is 312 g/mol. The van der Waals surface area contributed by atoms with Crippen LogP contribution >= 0.6 is 0 Å². The fraction of sp³-hybridized carbons (Fsp3) is 0.214. The van der Waals surface area contributed by atoms with E-state index in [9.17, 15) is 13.0 Å². The molecule has 4 nitrogen and oxygen atoms in total. The minimum Gasteiger partial charge on any atom is -0.433 e. The maximum Gasteiger partial charge on any atom is 0.387 e. The van der Waals surface area contributed by atoms with Crippen LogP contribution in [0.15, 0.2) is 47.5 Å². The van der Waals surface area contributed by atoms with E-state index in [-0.39, 0.29) is 5.75 Å². The first kappa shape index (κ1) is 15.4. The number of nitrogens with one attached hydrogen (secondary N) is 1. The first-order chi connectivity index (χ1) is 10.0. The Hall–Kier alpha value is -2.02. The fourth-order valence-corrected chi connectivity index (χ4v) is 2.17. The van der Waals surface area contributed by atoms with Crippen LogP contribution in [-0.4, -0.2) is 22.1 Å². The Morgan fingerprint density at radius 2 is 1.95 bits per heavy atom. The van der Waals surface area contributed by atoms with Gasteiger partial charge in [0.2, 0.25) is 0 Å². The van der Waals surface area contributed by atoms with Crippen molar-refractivity contribution in [3.63, 3.8) is 0 Å². The second kappa shape index (κ2) is 7.12. The summed E-state index contributed by atoms with van der Waals surface area (Å²) in [5.74, 6) is 0.574. The van der Waals surface area contributed by atoms with Gasteiger partial charge in [-0.05, 0) is 29.8 Å². The molecule has 7 heteroatoms. The Kier molecular flexibility index (Phi) is 5.21. The van der Waals surface area contributed by atoms with Crippen LogP contribution in [0.4, 0.5) is 14.6 Å². The van der Waals surface area contributed by atoms with E-state index < -0.39 is 17.4 Å². The van der Waals surface area contributed by atoms with Crippen LogP contribution in [0.1, 0.15) is 5.56 Å². The highest BCUT2D eigenvalue weighted by molar-refractivity contribution is 7.84. The first-order valence-corrected chi connectivity index (χ1v) is 7.67. The molecule has 0 spiro atoms. The maximum absolute atomic E-state index is 12.0. The number of ether oxygens (including phenoxy) is 1. The molecule has 0 saturated carbocycles. The Morgan fingerprint density at radius 1 is 1.24 bits per heavy atom. The summed E-state index contributed by atoms with van der Waals surface area (Å²) in [6.45, 7) is -2.33. The molecule has 0 aliphatic carbocycles. The van der Waals surface area contributed by atoms with E-state index in [1.54, 1.807) is 24.5 Å². The summed E-state index contributed by atoms with van der Waals surface area (Å²) in [5, 5.41) is 3.06. The lowest BCUT2D eigenvalue weighted by atomic mass is 10.2. The number of pyridine rings is 1. The van der Waals surface area contributed by atoms with Crippen LogP contribution in [-0.2, 0) is 17.3 Å². The van der Waals surface area contributed by atoms with Crippen molar-refractivity contribution in [3.05, 3.63) is 48.2 Å². The predicted molar refractivity (Wildman–Crippen MR) is 77.0 cm³/mol. The van der Waals surface area contributed by atoms with Gasteiger partial charge in [0.1, 0.15) is 11.6 Å². The van der Waals surface area contributed by atoms with Crippen LogP contribution < -0.4 is 10.1 Å². The van der Waals surface area contributed by atoms with Crippen molar-refractivity contribution < 1.29 is 17.7 Å². The van der Waals surface area contributed by atoms with E-state index in [0.717, 1.165) is 10.5 Å². The quantitative estimate of drug-likeness (QED) is 0.891. The van der Waals surface area contributed by atoms with Crippen molar-refractivity contribution in [1.82, 2.24) is 4.98 Å². The smallest absolute Gasteiger partial charge is 0.387 e. The molecule has 0 aliphatic heterocycles. The van der Waals surface area contributed by atoms with Gasteiger partial charge in [0.15, 0.2) is 0 Å². The highest BCUT2D eigenvalue weighted by atomic mass is 32.2. The third-order valence-corrected chi connectivity index (χ3v) is 3.63. The third-order valence-electron chi connectivity index (χ3n) is 2.69. The molecule has 1 aromatic heterocycles. The molecule has 21 heavy (non-hydrogen) atoms. The molecule has 0 amide bonds. The molecule has 0 fully saturated rings. The number of nitrogens with zero attached hydrogens (tertiary/aromatic N) is 1. The molecular weight excluding hydrogens is 298 g/mol. The lowest BCUT2D eigenvalue weighted by Gasteiger charge is -2.08. The van der Waals surface area contributed by atoms with Crippen LogP contribution in [0.3, 0.4) is 0 Å². The highest BCUT2D eigenvalue weighted by Crippen LogP contribution is 2.15. The first-order valence-electron chi connectivity index (χ1n) is 6.11. The molecule has 112 valence electrons. The number of hydrogen-bond acceptors (Lipinski definition) is 4. The summed E-state index contributed by atoms with van der Waals surface area (Å²) in [6, 6.07) is 10.3. The number of alkyl halides is 2. The van der Waals surface area contributed by atoms with Crippen LogP contribution in [0, 0.1) is 0 Å². The largest absolute Gasteiger partial charge is 0.433 e. The normalized spacial score (nSPS) is 12.2. The van der Waals surface area contributed by atoms with Gasteiger partial charge < -0.3 is 10.1 Å². The van der Waals surface area contributed by atoms with Crippen molar-refractivity contribution in [2.45, 2.75) is 18.1 Å². The Balaban J connectivity index is 1.91. The lowest BCUT2D eigenvalue weighted by molar-refractivity contribution is -0.0500. The number of anilines is 1. The van der Waals surface area contributed by atoms with Crippen molar-refractivity contribution in [1.29, 1.82) is 0 Å². The molecule has 0 bridgehead atoms. The second-order valence-electron chi connectivity index (χ2n) is 4.21. The number of rotatable bonds is 6. The summed E-state index contributed by atoms with van der Waals surface area (Å²) < 4.78 is 39.5. The molecule has 0 radical (unpaired) electrons. The van der Waals surface area contributed by atoms with Gasteiger partial charge in [-0.3, -0.25) is 4.21 Å². The molecular formula is C14H14F2N2O2S. The minimum absolute atomic E-state index is 0.0188. The highest BCUT2D eigenvalue weighted by Gasteiger charge is 2.04. The SMILES string of the molecule is CS(=O)c1ccc(CNc2ccc(OC(F)F)cn2)cc1. The summed E-state index contributed by atoms with van der Waals surface area (Å²) in [6.07, 6.45) is 2.86. The van der Waals surface area contributed by atoms with E-state index in [0.29, 0.717) is 12.4 Å². The van der Waals surface area contributed by atoms with Gasteiger partial charge in [0.05, 0.1) is 6.20 Å². The van der Waals surface area contributed by atoms with Gasteiger partial charge >= 0.3 is 6.61 Å². The zero-order valence-electron chi connectivity index (χ0n) is 11.3. The molecule has 1 N–H and O–H groups in total. The van der Waals surface area contributed by atoms with E-state index in [1.807, 2.05) is 12.1 Å². The fourth-order valence-electron chi connectivity index (χ4n) is 1.65. The molecule has 1 atom stereocenters. The molecule has 1 heterocycles. The lowest BCUT2D eigenvalue weighted by Crippen LogP contribution is -2.04. The van der Waals surface area contributed by atoms with Crippen LogP contribution in [0.2, 0.25) is 0 Å². The van der Waals surface area contributed by atoms with E-state index in [4.69, 9.17) is 0 Å². The number of hydrogen-bond donors (Lipinski definition) is 1. The molecule has 2 aromatic rings. The van der Waals surface area contributed by atoms with Gasteiger partial charge in [-0.15, -0.1) is 0 Å². The number of benzene rings is 1.